The van der Waals surface area contributed by atoms with Gasteiger partial charge < -0.3 is 4.74 Å². The first kappa shape index (κ1) is 22.1. The van der Waals surface area contributed by atoms with Gasteiger partial charge in [0.15, 0.2) is 0 Å². The topological polar surface area (TPSA) is 65.7 Å². The van der Waals surface area contributed by atoms with Crippen molar-refractivity contribution in [3.63, 3.8) is 0 Å². The van der Waals surface area contributed by atoms with Crippen molar-refractivity contribution in [1.82, 2.24) is 9.78 Å². The van der Waals surface area contributed by atoms with Crippen molar-refractivity contribution in [2.45, 2.75) is 50.5 Å². The number of allylic oxidation sites excluding steroid dienone is 1. The number of aliphatic imine (C=N–C) groups is 1. The van der Waals surface area contributed by atoms with Crippen LogP contribution in [0.1, 0.15) is 60.7 Å². The number of halogens is 3. The summed E-state index contributed by atoms with van der Waals surface area (Å²) in [4.78, 5) is 19.3. The van der Waals surface area contributed by atoms with Crippen LogP contribution in [0.4, 0.5) is 13.3 Å². The van der Waals surface area contributed by atoms with E-state index in [4.69, 9.17) is 4.74 Å². The van der Waals surface area contributed by atoms with Crippen molar-refractivity contribution in [3.8, 4) is 0 Å². The molecule has 0 saturated heterocycles. The summed E-state index contributed by atoms with van der Waals surface area (Å²) in [5, 5.41) is 4.01. The number of hydrogen-bond donors (Lipinski definition) is 0. The van der Waals surface area contributed by atoms with Gasteiger partial charge in [0.25, 0.3) is 6.43 Å². The van der Waals surface area contributed by atoms with Crippen LogP contribution in [0, 0.1) is 12.8 Å². The SMILES string of the molecule is C=C(N=C(OC)c1cc(C(F)F)nn1C1CC(C(=O)OF)C1)C1(c2ccccc2C)CC1. The van der Waals surface area contributed by atoms with Gasteiger partial charge in [-0.05, 0) is 49.8 Å². The van der Waals surface area contributed by atoms with Crippen LogP contribution in [0.5, 0.6) is 0 Å². The molecule has 0 bridgehead atoms. The highest BCUT2D eigenvalue weighted by molar-refractivity contribution is 5.93. The molecule has 0 aliphatic heterocycles. The predicted octanol–water partition coefficient (Wildman–Crippen LogP) is 5.15. The second-order valence-electron chi connectivity index (χ2n) is 8.38. The van der Waals surface area contributed by atoms with E-state index in [1.807, 2.05) is 31.2 Å². The van der Waals surface area contributed by atoms with E-state index in [1.165, 1.54) is 17.9 Å². The largest absolute Gasteiger partial charge is 0.479 e. The Balaban J connectivity index is 1.65. The quantitative estimate of drug-likeness (QED) is 0.435. The molecule has 2 aliphatic rings. The lowest BCUT2D eigenvalue weighted by Crippen LogP contribution is -2.34. The molecule has 4 rings (SSSR count). The van der Waals surface area contributed by atoms with Gasteiger partial charge in [-0.15, -0.1) is 0 Å². The van der Waals surface area contributed by atoms with Crippen LogP contribution in [-0.4, -0.2) is 28.8 Å². The highest BCUT2D eigenvalue weighted by Gasteiger charge is 2.48. The number of carbonyl (C=O) groups excluding carboxylic acids is 1. The molecule has 2 saturated carbocycles. The monoisotopic (exact) mass is 447 g/mol. The third kappa shape index (κ3) is 3.80. The molecular weight excluding hydrogens is 423 g/mol. The molecule has 2 aliphatic carbocycles. The summed E-state index contributed by atoms with van der Waals surface area (Å²) in [6, 6.07) is 8.87. The summed E-state index contributed by atoms with van der Waals surface area (Å²) in [5.41, 5.74) is 2.39. The number of benzene rings is 1. The first-order valence-corrected chi connectivity index (χ1v) is 10.4. The fourth-order valence-corrected chi connectivity index (χ4v) is 4.39. The Morgan fingerprint density at radius 1 is 1.31 bits per heavy atom. The molecule has 1 aromatic carbocycles. The molecule has 0 spiro atoms. The van der Waals surface area contributed by atoms with Crippen molar-refractivity contribution in [1.29, 1.82) is 0 Å². The van der Waals surface area contributed by atoms with E-state index in [0.717, 1.165) is 24.0 Å². The maximum Gasteiger partial charge on any atom is 0.352 e. The Kier molecular flexibility index (Phi) is 5.83. The van der Waals surface area contributed by atoms with Crippen molar-refractivity contribution >= 4 is 11.9 Å². The molecule has 0 atom stereocenters. The number of aryl methyl sites for hydroxylation is 1. The second-order valence-corrected chi connectivity index (χ2v) is 8.38. The molecular formula is C23H24F3N3O3. The van der Waals surface area contributed by atoms with E-state index >= 15 is 0 Å². The zero-order valence-electron chi connectivity index (χ0n) is 17.9. The van der Waals surface area contributed by atoms with Crippen molar-refractivity contribution in [2.24, 2.45) is 10.9 Å². The Labute approximate surface area is 183 Å². The molecule has 0 N–H and O–H groups in total. The minimum absolute atomic E-state index is 0.116. The van der Waals surface area contributed by atoms with E-state index in [2.05, 4.69) is 21.6 Å². The number of carbonyl (C=O) groups is 1. The fourth-order valence-electron chi connectivity index (χ4n) is 4.39. The molecule has 0 amide bonds. The van der Waals surface area contributed by atoms with E-state index < -0.39 is 24.0 Å². The molecule has 9 heteroatoms. The minimum Gasteiger partial charge on any atom is -0.479 e. The van der Waals surface area contributed by atoms with E-state index in [-0.39, 0.29) is 35.9 Å². The molecule has 6 nitrogen and oxygen atoms in total. The van der Waals surface area contributed by atoms with Gasteiger partial charge in [0.2, 0.25) is 5.90 Å². The average Bonchev–Trinajstić information content (AvgIpc) is 3.44. The van der Waals surface area contributed by atoms with Crippen molar-refractivity contribution in [3.05, 3.63) is 65.1 Å². The summed E-state index contributed by atoms with van der Waals surface area (Å²) in [6.07, 6.45) is -0.566. The third-order valence-electron chi connectivity index (χ3n) is 6.46. The number of methoxy groups -OCH3 is 1. The van der Waals surface area contributed by atoms with Gasteiger partial charge in [0.1, 0.15) is 11.4 Å². The first-order valence-electron chi connectivity index (χ1n) is 10.4. The standard InChI is InChI=1S/C23H24F3N3O3/c1-13-6-4-5-7-17(13)23(8-9-23)14(2)27-21(31-3)19-12-18(20(24)25)28-29(19)16-10-15(11-16)22(30)32-26/h4-7,12,15-16,20H,2,8-11H2,1,3H3. The van der Waals surface area contributed by atoms with E-state index in [0.29, 0.717) is 5.70 Å². The minimum atomic E-state index is -2.79. The lowest BCUT2D eigenvalue weighted by atomic mass is 9.80. The zero-order chi connectivity index (χ0) is 23.0. The van der Waals surface area contributed by atoms with Gasteiger partial charge in [-0.1, -0.05) is 30.8 Å². The van der Waals surface area contributed by atoms with Gasteiger partial charge in [-0.2, -0.15) is 5.10 Å². The van der Waals surface area contributed by atoms with Crippen molar-refractivity contribution in [2.75, 3.05) is 7.11 Å². The molecule has 1 heterocycles. The maximum atomic E-state index is 13.4. The van der Waals surface area contributed by atoms with Crippen LogP contribution in [0.3, 0.4) is 0 Å². The molecule has 2 fully saturated rings. The second kappa shape index (κ2) is 8.44. The number of hydrogen-bond acceptors (Lipinski definition) is 5. The number of alkyl halides is 2. The first-order chi connectivity index (χ1) is 15.3. The van der Waals surface area contributed by atoms with E-state index in [1.54, 1.807) is 0 Å². The number of aromatic nitrogens is 2. The highest BCUT2D eigenvalue weighted by atomic mass is 19.3. The predicted molar refractivity (Wildman–Crippen MR) is 111 cm³/mol. The molecule has 32 heavy (non-hydrogen) atoms. The van der Waals surface area contributed by atoms with Gasteiger partial charge in [0, 0.05) is 15.6 Å². The smallest absolute Gasteiger partial charge is 0.352 e. The molecule has 0 unspecified atom stereocenters. The van der Waals surface area contributed by atoms with Crippen LogP contribution in [-0.2, 0) is 19.9 Å². The summed E-state index contributed by atoms with van der Waals surface area (Å²) in [6.45, 7) is 6.20. The van der Waals surface area contributed by atoms with Crippen LogP contribution in [0.2, 0.25) is 0 Å². The Morgan fingerprint density at radius 3 is 2.56 bits per heavy atom. The number of ether oxygens (including phenoxy) is 1. The van der Waals surface area contributed by atoms with Gasteiger partial charge in [-0.25, -0.2) is 18.6 Å². The van der Waals surface area contributed by atoms with Gasteiger partial charge >= 0.3 is 5.97 Å². The maximum absolute atomic E-state index is 13.4. The summed E-state index contributed by atoms with van der Waals surface area (Å²) in [7, 11) is 1.41. The van der Waals surface area contributed by atoms with Crippen molar-refractivity contribution < 1.29 is 27.8 Å². The average molecular weight is 447 g/mol. The Morgan fingerprint density at radius 2 is 2.00 bits per heavy atom. The van der Waals surface area contributed by atoms with Gasteiger partial charge in [-0.3, -0.25) is 9.62 Å². The Bertz CT molecular complexity index is 1070. The summed E-state index contributed by atoms with van der Waals surface area (Å²) in [5.74, 6) is -1.48. The summed E-state index contributed by atoms with van der Waals surface area (Å²) < 4.78 is 45.8. The lowest BCUT2D eigenvalue weighted by molar-refractivity contribution is -0.193. The van der Waals surface area contributed by atoms with Crippen LogP contribution < -0.4 is 0 Å². The molecule has 170 valence electrons. The Hall–Kier alpha value is -3.10. The number of rotatable bonds is 7. The third-order valence-corrected chi connectivity index (χ3v) is 6.46. The van der Waals surface area contributed by atoms with Crippen LogP contribution >= 0.6 is 0 Å². The summed E-state index contributed by atoms with van der Waals surface area (Å²) >= 11 is 0. The zero-order valence-corrected chi connectivity index (χ0v) is 17.9. The molecule has 0 radical (unpaired) electrons. The van der Waals surface area contributed by atoms with Gasteiger partial charge in [0.05, 0.1) is 19.1 Å². The van der Waals surface area contributed by atoms with E-state index in [9.17, 15) is 18.1 Å². The number of nitrogens with zero attached hydrogens (tertiary/aromatic N) is 3. The van der Waals surface area contributed by atoms with Crippen LogP contribution in [0.25, 0.3) is 0 Å². The molecule has 2 aromatic rings. The lowest BCUT2D eigenvalue weighted by Gasteiger charge is -2.33. The van der Waals surface area contributed by atoms with Crippen LogP contribution in [0.15, 0.2) is 47.6 Å². The normalized spacial score (nSPS) is 21.8. The fraction of sp³-hybridized carbons (Fsp3) is 0.435. The highest BCUT2D eigenvalue weighted by Crippen LogP contribution is 2.54. The molecule has 1 aromatic heterocycles.